The Labute approximate surface area is 128 Å². The lowest BCUT2D eigenvalue weighted by atomic mass is 10.0. The molecule has 0 radical (unpaired) electrons. The summed E-state index contributed by atoms with van der Waals surface area (Å²) in [7, 11) is 1.62. The molecule has 1 aromatic rings. The normalized spacial score (nSPS) is 16.0. The van der Waals surface area contributed by atoms with Gasteiger partial charge in [0.2, 0.25) is 11.7 Å². The Morgan fingerprint density at radius 3 is 2.77 bits per heavy atom. The number of nitrogens with one attached hydrogen (secondary N) is 3. The predicted octanol–water partition coefficient (Wildman–Crippen LogP) is 0.163. The van der Waals surface area contributed by atoms with Crippen LogP contribution in [0.5, 0.6) is 0 Å². The molecule has 0 aromatic carbocycles. The number of aromatic nitrogens is 2. The van der Waals surface area contributed by atoms with Crippen molar-refractivity contribution in [3.05, 3.63) is 15.8 Å². The molecule has 9 heteroatoms. The van der Waals surface area contributed by atoms with E-state index in [4.69, 9.17) is 0 Å². The number of aryl methyl sites for hydroxylation is 2. The van der Waals surface area contributed by atoms with Gasteiger partial charge in [-0.25, -0.2) is 4.68 Å². The van der Waals surface area contributed by atoms with Gasteiger partial charge < -0.3 is 16.0 Å². The average Bonchev–Trinajstić information content (AvgIpc) is 2.68. The SMILES string of the molecule is CCC(Nc1c([N+](=O)[O-])c(C)nn1C)C(=O)NCC1CNC1. The van der Waals surface area contributed by atoms with Crippen LogP contribution in [0.25, 0.3) is 0 Å². The Hall–Kier alpha value is -2.16. The van der Waals surface area contributed by atoms with Crippen LogP contribution in [0.4, 0.5) is 11.5 Å². The largest absolute Gasteiger partial charge is 0.354 e. The number of carbonyl (C=O) groups is 1. The monoisotopic (exact) mass is 310 g/mol. The molecule has 1 saturated heterocycles. The van der Waals surface area contributed by atoms with Gasteiger partial charge in [-0.15, -0.1) is 0 Å². The molecule has 1 aliphatic rings. The molecule has 1 fully saturated rings. The van der Waals surface area contributed by atoms with Crippen LogP contribution in [0, 0.1) is 23.0 Å². The van der Waals surface area contributed by atoms with Crippen LogP contribution in [0.3, 0.4) is 0 Å². The van der Waals surface area contributed by atoms with Crippen molar-refractivity contribution in [2.75, 3.05) is 25.0 Å². The Kier molecular flexibility index (Phi) is 4.96. The Morgan fingerprint density at radius 1 is 1.59 bits per heavy atom. The first-order valence-electron chi connectivity index (χ1n) is 7.37. The van der Waals surface area contributed by atoms with E-state index in [0.717, 1.165) is 13.1 Å². The third-order valence-corrected chi connectivity index (χ3v) is 3.84. The summed E-state index contributed by atoms with van der Waals surface area (Å²) in [6, 6.07) is -0.526. The van der Waals surface area contributed by atoms with Crippen LogP contribution in [0.1, 0.15) is 19.0 Å². The number of hydrogen-bond acceptors (Lipinski definition) is 6. The van der Waals surface area contributed by atoms with Crippen molar-refractivity contribution in [1.82, 2.24) is 20.4 Å². The molecule has 1 amide bonds. The summed E-state index contributed by atoms with van der Waals surface area (Å²) < 4.78 is 1.40. The van der Waals surface area contributed by atoms with Crippen molar-refractivity contribution in [3.8, 4) is 0 Å². The van der Waals surface area contributed by atoms with Gasteiger partial charge in [-0.3, -0.25) is 14.9 Å². The smallest absolute Gasteiger partial charge is 0.333 e. The van der Waals surface area contributed by atoms with E-state index in [1.54, 1.807) is 14.0 Å². The minimum Gasteiger partial charge on any atom is -0.354 e. The predicted molar refractivity (Wildman–Crippen MR) is 81.7 cm³/mol. The van der Waals surface area contributed by atoms with E-state index >= 15 is 0 Å². The van der Waals surface area contributed by atoms with Crippen molar-refractivity contribution >= 4 is 17.4 Å². The minimum atomic E-state index is -0.526. The van der Waals surface area contributed by atoms with Crippen molar-refractivity contribution in [1.29, 1.82) is 0 Å². The van der Waals surface area contributed by atoms with Crippen molar-refractivity contribution in [3.63, 3.8) is 0 Å². The molecular weight excluding hydrogens is 288 g/mol. The molecule has 0 spiro atoms. The highest BCUT2D eigenvalue weighted by molar-refractivity contribution is 5.85. The van der Waals surface area contributed by atoms with Crippen molar-refractivity contribution in [2.45, 2.75) is 26.3 Å². The molecule has 0 bridgehead atoms. The van der Waals surface area contributed by atoms with Crippen molar-refractivity contribution < 1.29 is 9.72 Å². The van der Waals surface area contributed by atoms with Gasteiger partial charge in [-0.1, -0.05) is 6.92 Å². The maximum atomic E-state index is 12.2. The summed E-state index contributed by atoms with van der Waals surface area (Å²) in [5.74, 6) is 0.576. The highest BCUT2D eigenvalue weighted by Crippen LogP contribution is 2.28. The second-order valence-corrected chi connectivity index (χ2v) is 5.54. The number of anilines is 1. The van der Waals surface area contributed by atoms with E-state index in [-0.39, 0.29) is 17.4 Å². The van der Waals surface area contributed by atoms with Gasteiger partial charge in [0.1, 0.15) is 11.7 Å². The lowest BCUT2D eigenvalue weighted by molar-refractivity contribution is -0.384. The number of hydrogen-bond donors (Lipinski definition) is 3. The molecule has 0 aliphatic carbocycles. The van der Waals surface area contributed by atoms with Gasteiger partial charge in [-0.05, 0) is 13.3 Å². The topological polar surface area (TPSA) is 114 Å². The second kappa shape index (κ2) is 6.73. The minimum absolute atomic E-state index is 0.0862. The van der Waals surface area contributed by atoms with Gasteiger partial charge in [0, 0.05) is 32.6 Å². The van der Waals surface area contributed by atoms with Crippen molar-refractivity contribution in [2.24, 2.45) is 13.0 Å². The van der Waals surface area contributed by atoms with E-state index in [1.807, 2.05) is 6.92 Å². The highest BCUT2D eigenvalue weighted by atomic mass is 16.6. The Balaban J connectivity index is 2.05. The molecule has 2 rings (SSSR count). The fraction of sp³-hybridized carbons (Fsp3) is 0.692. The van der Waals surface area contributed by atoms with E-state index in [0.29, 0.717) is 24.6 Å². The van der Waals surface area contributed by atoms with E-state index < -0.39 is 11.0 Å². The molecule has 2 heterocycles. The van der Waals surface area contributed by atoms with Crippen LogP contribution < -0.4 is 16.0 Å². The highest BCUT2D eigenvalue weighted by Gasteiger charge is 2.28. The van der Waals surface area contributed by atoms with E-state index in [2.05, 4.69) is 21.0 Å². The third kappa shape index (κ3) is 3.35. The molecule has 1 aliphatic heterocycles. The van der Waals surface area contributed by atoms with E-state index in [9.17, 15) is 14.9 Å². The number of carbonyl (C=O) groups excluding carboxylic acids is 1. The summed E-state index contributed by atoms with van der Waals surface area (Å²) in [6.07, 6.45) is 0.524. The zero-order valence-electron chi connectivity index (χ0n) is 13.0. The summed E-state index contributed by atoms with van der Waals surface area (Å²) in [6.45, 7) is 5.88. The first kappa shape index (κ1) is 16.2. The first-order chi connectivity index (χ1) is 10.4. The number of rotatable bonds is 7. The van der Waals surface area contributed by atoms with Crippen LogP contribution in [0.2, 0.25) is 0 Å². The van der Waals surface area contributed by atoms with Crippen LogP contribution in [0.15, 0.2) is 0 Å². The maximum absolute atomic E-state index is 12.2. The van der Waals surface area contributed by atoms with Gasteiger partial charge in [0.05, 0.1) is 4.92 Å². The summed E-state index contributed by atoms with van der Waals surface area (Å²) in [5.41, 5.74) is 0.239. The van der Waals surface area contributed by atoms with Gasteiger partial charge in [0.25, 0.3) is 0 Å². The molecule has 1 atom stereocenters. The van der Waals surface area contributed by atoms with Crippen LogP contribution >= 0.6 is 0 Å². The Morgan fingerprint density at radius 2 is 2.27 bits per heavy atom. The zero-order valence-corrected chi connectivity index (χ0v) is 13.0. The molecule has 1 aromatic heterocycles. The summed E-state index contributed by atoms with van der Waals surface area (Å²) >= 11 is 0. The summed E-state index contributed by atoms with van der Waals surface area (Å²) in [5, 5.41) is 24.2. The number of nitro groups is 1. The lowest BCUT2D eigenvalue weighted by Crippen LogP contribution is -2.50. The maximum Gasteiger partial charge on any atom is 0.333 e. The molecule has 1 unspecified atom stereocenters. The van der Waals surface area contributed by atoms with Gasteiger partial charge >= 0.3 is 5.69 Å². The quantitative estimate of drug-likeness (QED) is 0.488. The summed E-state index contributed by atoms with van der Waals surface area (Å²) in [4.78, 5) is 22.9. The zero-order chi connectivity index (χ0) is 16.3. The number of nitrogens with zero attached hydrogens (tertiary/aromatic N) is 3. The average molecular weight is 310 g/mol. The molecule has 122 valence electrons. The van der Waals surface area contributed by atoms with E-state index in [1.165, 1.54) is 4.68 Å². The molecule has 0 saturated carbocycles. The standard InChI is InChI=1S/C13H22N6O3/c1-4-10(13(20)15-7-9-5-14-6-9)16-12-11(19(21)22)8(2)17-18(12)3/h9-10,14,16H,4-7H2,1-3H3,(H,15,20). The molecule has 9 nitrogen and oxygen atoms in total. The molecule has 3 N–H and O–H groups in total. The van der Waals surface area contributed by atoms with Crippen LogP contribution in [-0.2, 0) is 11.8 Å². The second-order valence-electron chi connectivity index (χ2n) is 5.54. The first-order valence-corrected chi connectivity index (χ1v) is 7.37. The van der Waals surface area contributed by atoms with Crippen LogP contribution in [-0.4, -0.2) is 46.3 Å². The fourth-order valence-electron chi connectivity index (χ4n) is 2.41. The van der Waals surface area contributed by atoms with Gasteiger partial charge in [0.15, 0.2) is 0 Å². The fourth-order valence-corrected chi connectivity index (χ4v) is 2.41. The third-order valence-electron chi connectivity index (χ3n) is 3.84. The molecular formula is C13H22N6O3. The number of amides is 1. The molecule has 22 heavy (non-hydrogen) atoms. The van der Waals surface area contributed by atoms with Gasteiger partial charge in [-0.2, -0.15) is 5.10 Å². The Bertz CT molecular complexity index is 566. The lowest BCUT2D eigenvalue weighted by Gasteiger charge is -2.28.